The van der Waals surface area contributed by atoms with Crippen LogP contribution in [0.3, 0.4) is 0 Å². The van der Waals surface area contributed by atoms with E-state index in [1.54, 1.807) is 4.90 Å². The number of rotatable bonds is 4. The van der Waals surface area contributed by atoms with Crippen molar-refractivity contribution in [1.82, 2.24) is 15.5 Å². The van der Waals surface area contributed by atoms with E-state index in [1.807, 2.05) is 0 Å². The molecular formula is C9H17N3O4S. The number of nitrogens with zero attached hydrogens (tertiary/aromatic N) is 1. The molecule has 17 heavy (non-hydrogen) atoms. The predicted octanol–water partition coefficient (Wildman–Crippen LogP) is -2.42. The molecule has 98 valence electrons. The highest BCUT2D eigenvalue weighted by Crippen LogP contribution is 1.92. The lowest BCUT2D eigenvalue weighted by Crippen LogP contribution is -2.49. The Hall–Kier alpha value is -1.15. The van der Waals surface area contributed by atoms with Crippen LogP contribution in [0.5, 0.6) is 0 Å². The van der Waals surface area contributed by atoms with Crippen LogP contribution in [0.4, 0.5) is 0 Å². The van der Waals surface area contributed by atoms with Gasteiger partial charge in [0.2, 0.25) is 11.8 Å². The van der Waals surface area contributed by atoms with Crippen LogP contribution < -0.4 is 10.6 Å². The number of carbonyl (C=O) groups is 2. The summed E-state index contributed by atoms with van der Waals surface area (Å²) in [6, 6.07) is 0. The summed E-state index contributed by atoms with van der Waals surface area (Å²) in [4.78, 5) is 24.4. The molecule has 0 radical (unpaired) electrons. The van der Waals surface area contributed by atoms with Gasteiger partial charge in [0.1, 0.15) is 5.75 Å². The second-order valence-corrected chi connectivity index (χ2v) is 6.12. The highest BCUT2D eigenvalue weighted by Gasteiger charge is 2.17. The number of sulfone groups is 1. The average Bonchev–Trinajstić information content (AvgIpc) is 2.25. The topological polar surface area (TPSA) is 95.6 Å². The minimum atomic E-state index is -3.34. The molecule has 0 aromatic heterocycles. The van der Waals surface area contributed by atoms with Crippen molar-refractivity contribution in [3.63, 3.8) is 0 Å². The maximum Gasteiger partial charge on any atom is 0.242 e. The lowest BCUT2D eigenvalue weighted by molar-refractivity contribution is -0.132. The van der Waals surface area contributed by atoms with Crippen LogP contribution >= 0.6 is 0 Å². The molecule has 1 heterocycles. The lowest BCUT2D eigenvalue weighted by atomic mass is 10.3. The van der Waals surface area contributed by atoms with Crippen molar-refractivity contribution >= 4 is 21.7 Å². The minimum Gasteiger partial charge on any atom is -0.346 e. The van der Waals surface area contributed by atoms with Crippen LogP contribution in [-0.2, 0) is 19.4 Å². The van der Waals surface area contributed by atoms with E-state index in [0.29, 0.717) is 13.1 Å². The Morgan fingerprint density at radius 3 is 2.41 bits per heavy atom. The maximum atomic E-state index is 11.6. The zero-order valence-electron chi connectivity index (χ0n) is 9.73. The molecule has 0 aromatic carbocycles. The van der Waals surface area contributed by atoms with Crippen molar-refractivity contribution in [2.24, 2.45) is 0 Å². The van der Waals surface area contributed by atoms with E-state index in [-0.39, 0.29) is 12.5 Å². The first-order valence-electron chi connectivity index (χ1n) is 5.31. The summed E-state index contributed by atoms with van der Waals surface area (Å²) in [5.41, 5.74) is 0. The average molecular weight is 263 g/mol. The summed E-state index contributed by atoms with van der Waals surface area (Å²) >= 11 is 0. The van der Waals surface area contributed by atoms with Crippen molar-refractivity contribution in [3.05, 3.63) is 0 Å². The van der Waals surface area contributed by atoms with Crippen LogP contribution in [0.15, 0.2) is 0 Å². The fourth-order valence-electron chi connectivity index (χ4n) is 1.49. The van der Waals surface area contributed by atoms with Gasteiger partial charge in [0, 0.05) is 32.4 Å². The molecule has 7 nitrogen and oxygen atoms in total. The third-order valence-corrected chi connectivity index (χ3v) is 3.09. The highest BCUT2D eigenvalue weighted by molar-refractivity contribution is 7.91. The standard InChI is InChI=1S/C9H17N3O4S/c1-17(15,16)7-8(13)11-6-9(14)12-4-2-10-3-5-12/h10H,2-7H2,1H3,(H,11,13). The Morgan fingerprint density at radius 2 is 1.88 bits per heavy atom. The normalized spacial score (nSPS) is 16.6. The van der Waals surface area contributed by atoms with Gasteiger partial charge in [0.15, 0.2) is 9.84 Å². The summed E-state index contributed by atoms with van der Waals surface area (Å²) in [5, 5.41) is 5.41. The first-order valence-corrected chi connectivity index (χ1v) is 7.37. The van der Waals surface area contributed by atoms with E-state index in [0.717, 1.165) is 19.3 Å². The van der Waals surface area contributed by atoms with E-state index in [1.165, 1.54) is 0 Å². The Labute approximate surface area is 100 Å². The number of carbonyl (C=O) groups excluding carboxylic acids is 2. The van der Waals surface area contributed by atoms with E-state index < -0.39 is 21.5 Å². The quantitative estimate of drug-likeness (QED) is 0.588. The molecule has 1 saturated heterocycles. The molecule has 0 saturated carbocycles. The van der Waals surface area contributed by atoms with Crippen molar-refractivity contribution in [1.29, 1.82) is 0 Å². The molecule has 1 rings (SSSR count). The summed E-state index contributed by atoms with van der Waals surface area (Å²) in [7, 11) is -3.34. The van der Waals surface area contributed by atoms with Gasteiger partial charge in [-0.3, -0.25) is 9.59 Å². The van der Waals surface area contributed by atoms with Gasteiger partial charge >= 0.3 is 0 Å². The summed E-state index contributed by atoms with van der Waals surface area (Å²) in [6.45, 7) is 2.56. The van der Waals surface area contributed by atoms with Gasteiger partial charge in [-0.2, -0.15) is 0 Å². The zero-order valence-corrected chi connectivity index (χ0v) is 10.5. The molecule has 1 fully saturated rings. The molecule has 0 unspecified atom stereocenters. The van der Waals surface area contributed by atoms with Gasteiger partial charge in [-0.05, 0) is 0 Å². The molecular weight excluding hydrogens is 246 g/mol. The number of piperazine rings is 1. The SMILES string of the molecule is CS(=O)(=O)CC(=O)NCC(=O)N1CCNCC1. The molecule has 0 aliphatic carbocycles. The van der Waals surface area contributed by atoms with Crippen molar-refractivity contribution < 1.29 is 18.0 Å². The van der Waals surface area contributed by atoms with E-state index in [4.69, 9.17) is 0 Å². The zero-order chi connectivity index (χ0) is 12.9. The smallest absolute Gasteiger partial charge is 0.242 e. The molecule has 8 heteroatoms. The third-order valence-electron chi connectivity index (χ3n) is 2.30. The first-order chi connectivity index (χ1) is 7.88. The van der Waals surface area contributed by atoms with Gasteiger partial charge in [0.25, 0.3) is 0 Å². The van der Waals surface area contributed by atoms with Crippen LogP contribution in [0.25, 0.3) is 0 Å². The minimum absolute atomic E-state index is 0.144. The Bertz CT molecular complexity index is 387. The second-order valence-electron chi connectivity index (χ2n) is 3.98. The Morgan fingerprint density at radius 1 is 1.29 bits per heavy atom. The maximum absolute atomic E-state index is 11.6. The monoisotopic (exact) mass is 263 g/mol. The molecule has 1 aliphatic rings. The highest BCUT2D eigenvalue weighted by atomic mass is 32.2. The summed E-state index contributed by atoms with van der Waals surface area (Å²) < 4.78 is 21.6. The number of hydrogen-bond donors (Lipinski definition) is 2. The summed E-state index contributed by atoms with van der Waals surface area (Å²) in [6.07, 6.45) is 0.977. The van der Waals surface area contributed by atoms with Crippen LogP contribution in [0.2, 0.25) is 0 Å². The Kier molecular flexibility index (Phi) is 4.88. The summed E-state index contributed by atoms with van der Waals surface area (Å²) in [5.74, 6) is -1.41. The number of amides is 2. The fourth-order valence-corrected chi connectivity index (χ4v) is 2.07. The van der Waals surface area contributed by atoms with E-state index in [2.05, 4.69) is 10.6 Å². The first kappa shape index (κ1) is 13.9. The second kappa shape index (κ2) is 5.97. The van der Waals surface area contributed by atoms with Crippen LogP contribution in [-0.4, -0.2) is 69.9 Å². The van der Waals surface area contributed by atoms with Crippen molar-refractivity contribution in [2.75, 3.05) is 44.7 Å². The van der Waals surface area contributed by atoms with Crippen LogP contribution in [0.1, 0.15) is 0 Å². The molecule has 0 bridgehead atoms. The number of nitrogens with one attached hydrogen (secondary N) is 2. The molecule has 0 aromatic rings. The molecule has 1 aliphatic heterocycles. The predicted molar refractivity (Wildman–Crippen MR) is 62.2 cm³/mol. The number of hydrogen-bond acceptors (Lipinski definition) is 5. The fraction of sp³-hybridized carbons (Fsp3) is 0.778. The molecule has 0 spiro atoms. The van der Waals surface area contributed by atoms with Gasteiger partial charge in [-0.15, -0.1) is 0 Å². The largest absolute Gasteiger partial charge is 0.346 e. The third kappa shape index (κ3) is 5.64. The molecule has 2 amide bonds. The van der Waals surface area contributed by atoms with E-state index >= 15 is 0 Å². The molecule has 2 N–H and O–H groups in total. The molecule has 0 atom stereocenters. The van der Waals surface area contributed by atoms with Gasteiger partial charge in [-0.1, -0.05) is 0 Å². The van der Waals surface area contributed by atoms with E-state index in [9.17, 15) is 18.0 Å². The van der Waals surface area contributed by atoms with Gasteiger partial charge in [0.05, 0.1) is 6.54 Å². The Balaban J connectivity index is 2.30. The van der Waals surface area contributed by atoms with Crippen molar-refractivity contribution in [2.45, 2.75) is 0 Å². The van der Waals surface area contributed by atoms with Gasteiger partial charge in [-0.25, -0.2) is 8.42 Å². The van der Waals surface area contributed by atoms with Crippen LogP contribution in [0, 0.1) is 0 Å². The lowest BCUT2D eigenvalue weighted by Gasteiger charge is -2.27. The van der Waals surface area contributed by atoms with Crippen molar-refractivity contribution in [3.8, 4) is 0 Å². The van der Waals surface area contributed by atoms with Gasteiger partial charge < -0.3 is 15.5 Å².